The lowest BCUT2D eigenvalue weighted by Gasteiger charge is -2.23. The molecule has 0 spiro atoms. The summed E-state index contributed by atoms with van der Waals surface area (Å²) in [6, 6.07) is 6.51. The Morgan fingerprint density at radius 2 is 2.00 bits per heavy atom. The zero-order valence-electron chi connectivity index (χ0n) is 13.4. The summed E-state index contributed by atoms with van der Waals surface area (Å²) in [6.45, 7) is 4.91. The van der Waals surface area contributed by atoms with Gasteiger partial charge in [-0.2, -0.15) is 5.10 Å². The lowest BCUT2D eigenvalue weighted by Crippen LogP contribution is -2.51. The third-order valence-electron chi connectivity index (χ3n) is 3.83. The average molecular weight is 370 g/mol. The molecule has 128 valence electrons. The minimum absolute atomic E-state index is 0.111. The second-order valence-electron chi connectivity index (χ2n) is 5.62. The number of hydrogen-bond acceptors (Lipinski definition) is 3. The predicted octanol–water partition coefficient (Wildman–Crippen LogP) is 3.47. The highest BCUT2D eigenvalue weighted by Crippen LogP contribution is 2.25. The zero-order chi connectivity index (χ0) is 18.1. The summed E-state index contributed by atoms with van der Waals surface area (Å²) in [5, 5.41) is 16.9. The van der Waals surface area contributed by atoms with Crippen molar-refractivity contribution in [1.82, 2.24) is 15.1 Å². The second-order valence-corrected chi connectivity index (χ2v) is 6.47. The first-order valence-corrected chi connectivity index (χ1v) is 8.01. The van der Waals surface area contributed by atoms with E-state index in [1.165, 1.54) is 11.6 Å². The molecular weight excluding hydrogens is 353 g/mol. The highest BCUT2D eigenvalue weighted by atomic mass is 35.5. The van der Waals surface area contributed by atoms with Crippen molar-refractivity contribution < 1.29 is 14.7 Å². The number of nitrogens with one attached hydrogen (secondary N) is 1. The van der Waals surface area contributed by atoms with Gasteiger partial charge in [-0.1, -0.05) is 30.1 Å². The Kier molecular flexibility index (Phi) is 5.20. The van der Waals surface area contributed by atoms with Gasteiger partial charge in [-0.15, -0.1) is 0 Å². The van der Waals surface area contributed by atoms with Crippen LogP contribution < -0.4 is 5.32 Å². The number of halogens is 2. The van der Waals surface area contributed by atoms with Gasteiger partial charge >= 0.3 is 5.97 Å². The number of benzene rings is 1. The monoisotopic (exact) mass is 369 g/mol. The molecule has 0 fully saturated rings. The molecule has 1 atom stereocenters. The van der Waals surface area contributed by atoms with E-state index in [1.54, 1.807) is 38.1 Å². The highest BCUT2D eigenvalue weighted by Gasteiger charge is 2.33. The fraction of sp³-hybridized carbons (Fsp3) is 0.312. The molecule has 0 saturated heterocycles. The number of carboxylic acids is 1. The molecule has 24 heavy (non-hydrogen) atoms. The second kappa shape index (κ2) is 6.83. The van der Waals surface area contributed by atoms with Crippen LogP contribution in [0.3, 0.4) is 0 Å². The van der Waals surface area contributed by atoms with E-state index in [9.17, 15) is 14.7 Å². The maximum atomic E-state index is 12.4. The van der Waals surface area contributed by atoms with Gasteiger partial charge in [0, 0.05) is 10.7 Å². The van der Waals surface area contributed by atoms with E-state index in [1.807, 2.05) is 0 Å². The molecule has 2 aromatic rings. The van der Waals surface area contributed by atoms with Gasteiger partial charge in [0.2, 0.25) is 0 Å². The molecule has 8 heteroatoms. The third kappa shape index (κ3) is 3.55. The van der Waals surface area contributed by atoms with E-state index in [-0.39, 0.29) is 12.1 Å². The first kappa shape index (κ1) is 18.3. The Labute approximate surface area is 149 Å². The Bertz CT molecular complexity index is 804. The molecule has 2 rings (SSSR count). The van der Waals surface area contributed by atoms with Crippen LogP contribution in [0.5, 0.6) is 0 Å². The van der Waals surface area contributed by atoms with Crippen LogP contribution in [0.4, 0.5) is 0 Å². The maximum Gasteiger partial charge on any atom is 0.329 e. The van der Waals surface area contributed by atoms with Crippen molar-refractivity contribution in [2.75, 3.05) is 0 Å². The molecule has 1 unspecified atom stereocenters. The lowest BCUT2D eigenvalue weighted by atomic mass is 9.99. The summed E-state index contributed by atoms with van der Waals surface area (Å²) in [5.41, 5.74) is 0.0126. The number of hydrogen-bond donors (Lipinski definition) is 2. The van der Waals surface area contributed by atoms with Crippen molar-refractivity contribution in [1.29, 1.82) is 0 Å². The van der Waals surface area contributed by atoms with Crippen LogP contribution in [0, 0.1) is 6.92 Å². The van der Waals surface area contributed by atoms with Crippen molar-refractivity contribution >= 4 is 35.1 Å². The Morgan fingerprint density at radius 1 is 1.33 bits per heavy atom. The molecule has 6 nitrogen and oxygen atoms in total. The van der Waals surface area contributed by atoms with Gasteiger partial charge in [-0.3, -0.25) is 4.79 Å². The number of rotatable bonds is 5. The molecule has 0 saturated carbocycles. The largest absolute Gasteiger partial charge is 0.480 e. The van der Waals surface area contributed by atoms with Gasteiger partial charge in [0.05, 0.1) is 10.7 Å². The predicted molar refractivity (Wildman–Crippen MR) is 92.1 cm³/mol. The molecule has 1 aromatic carbocycles. The molecule has 0 radical (unpaired) electrons. The van der Waals surface area contributed by atoms with Crippen molar-refractivity contribution in [3.63, 3.8) is 0 Å². The van der Waals surface area contributed by atoms with Crippen LogP contribution in [0.1, 0.15) is 36.5 Å². The van der Waals surface area contributed by atoms with Gasteiger partial charge in [0.15, 0.2) is 5.69 Å². The standard InChI is InChI=1S/C16H17Cl2N3O3/c1-4-16(3,15(23)24)19-14(22)12-7-9(2)21(20-12)13-6-5-10(17)8-11(13)18/h5-8H,4H2,1-3H3,(H,19,22)(H,23,24). The number of aromatic nitrogens is 2. The minimum atomic E-state index is -1.35. The number of carbonyl (C=O) groups is 2. The summed E-state index contributed by atoms with van der Waals surface area (Å²) in [6.07, 6.45) is 0.247. The summed E-state index contributed by atoms with van der Waals surface area (Å²) < 4.78 is 1.51. The van der Waals surface area contributed by atoms with Gasteiger partial charge in [0.25, 0.3) is 5.91 Å². The maximum absolute atomic E-state index is 12.4. The van der Waals surface area contributed by atoms with Crippen LogP contribution in [0.15, 0.2) is 24.3 Å². The molecule has 0 aliphatic rings. The molecule has 0 aliphatic carbocycles. The van der Waals surface area contributed by atoms with Crippen molar-refractivity contribution in [2.45, 2.75) is 32.7 Å². The van der Waals surface area contributed by atoms with Crippen LogP contribution in [0.2, 0.25) is 10.0 Å². The molecular formula is C16H17Cl2N3O3. The Balaban J connectivity index is 2.35. The van der Waals surface area contributed by atoms with E-state index in [0.717, 1.165) is 0 Å². The summed E-state index contributed by atoms with van der Waals surface area (Å²) in [4.78, 5) is 23.7. The van der Waals surface area contributed by atoms with E-state index >= 15 is 0 Å². The average Bonchev–Trinajstić information content (AvgIpc) is 2.89. The molecule has 0 aliphatic heterocycles. The van der Waals surface area contributed by atoms with E-state index in [4.69, 9.17) is 23.2 Å². The first-order valence-electron chi connectivity index (χ1n) is 7.26. The number of aliphatic carboxylic acids is 1. The Hall–Kier alpha value is -2.05. The molecule has 2 N–H and O–H groups in total. The number of carboxylic acid groups (broad SMARTS) is 1. The fourth-order valence-electron chi connectivity index (χ4n) is 2.09. The third-order valence-corrected chi connectivity index (χ3v) is 4.36. The first-order chi connectivity index (χ1) is 11.2. The molecule has 1 heterocycles. The topological polar surface area (TPSA) is 84.2 Å². The highest BCUT2D eigenvalue weighted by molar-refractivity contribution is 6.35. The van der Waals surface area contributed by atoms with Crippen LogP contribution in [-0.4, -0.2) is 32.3 Å². The van der Waals surface area contributed by atoms with Crippen molar-refractivity contribution in [3.05, 3.63) is 45.7 Å². The quantitative estimate of drug-likeness (QED) is 0.844. The number of amides is 1. The summed E-state index contributed by atoms with van der Waals surface area (Å²) in [7, 11) is 0. The van der Waals surface area contributed by atoms with Gasteiger partial charge in [0.1, 0.15) is 5.54 Å². The molecule has 1 amide bonds. The molecule has 0 bridgehead atoms. The van der Waals surface area contributed by atoms with E-state index in [2.05, 4.69) is 10.4 Å². The van der Waals surface area contributed by atoms with Gasteiger partial charge < -0.3 is 10.4 Å². The SMILES string of the molecule is CCC(C)(NC(=O)c1cc(C)n(-c2ccc(Cl)cc2Cl)n1)C(=O)O. The molecule has 1 aromatic heterocycles. The van der Waals surface area contributed by atoms with Crippen molar-refractivity contribution in [3.8, 4) is 5.69 Å². The van der Waals surface area contributed by atoms with Crippen LogP contribution in [-0.2, 0) is 4.79 Å². The number of carbonyl (C=O) groups excluding carboxylic acids is 1. The number of aryl methyl sites for hydroxylation is 1. The van der Waals surface area contributed by atoms with Gasteiger partial charge in [-0.25, -0.2) is 9.48 Å². The van der Waals surface area contributed by atoms with Crippen LogP contribution in [0.25, 0.3) is 5.69 Å². The Morgan fingerprint density at radius 3 is 2.54 bits per heavy atom. The van der Waals surface area contributed by atoms with E-state index in [0.29, 0.717) is 21.4 Å². The zero-order valence-corrected chi connectivity index (χ0v) is 14.9. The van der Waals surface area contributed by atoms with E-state index < -0.39 is 17.4 Å². The van der Waals surface area contributed by atoms with Crippen molar-refractivity contribution in [2.24, 2.45) is 0 Å². The fourth-order valence-corrected chi connectivity index (χ4v) is 2.58. The summed E-state index contributed by atoms with van der Waals surface area (Å²) in [5.74, 6) is -1.66. The number of nitrogens with zero attached hydrogens (tertiary/aromatic N) is 2. The van der Waals surface area contributed by atoms with Crippen LogP contribution >= 0.6 is 23.2 Å². The summed E-state index contributed by atoms with van der Waals surface area (Å²) >= 11 is 12.1. The normalized spacial score (nSPS) is 13.4. The lowest BCUT2D eigenvalue weighted by molar-refractivity contribution is -0.143. The van der Waals surface area contributed by atoms with Gasteiger partial charge in [-0.05, 0) is 44.5 Å². The smallest absolute Gasteiger partial charge is 0.329 e. The minimum Gasteiger partial charge on any atom is -0.480 e.